The van der Waals surface area contributed by atoms with E-state index in [9.17, 15) is 19.1 Å². The third-order valence-corrected chi connectivity index (χ3v) is 7.87. The van der Waals surface area contributed by atoms with E-state index >= 15 is 0 Å². The van der Waals surface area contributed by atoms with Gasteiger partial charge < -0.3 is 10.1 Å². The van der Waals surface area contributed by atoms with Crippen LogP contribution in [0.25, 0.3) is 0 Å². The third kappa shape index (κ3) is 4.72. The van der Waals surface area contributed by atoms with Crippen LogP contribution in [0.1, 0.15) is 42.0 Å². The van der Waals surface area contributed by atoms with Crippen LogP contribution in [0.5, 0.6) is 0 Å². The number of hydrogen-bond acceptors (Lipinski definition) is 7. The van der Waals surface area contributed by atoms with Crippen LogP contribution in [0.15, 0.2) is 53.4 Å². The average Bonchev–Trinajstić information content (AvgIpc) is 3.55. The van der Waals surface area contributed by atoms with Crippen LogP contribution in [0, 0.1) is 10.1 Å². The lowest BCUT2D eigenvalue weighted by atomic mass is 10.0. The van der Waals surface area contributed by atoms with E-state index in [0.29, 0.717) is 23.6 Å². The summed E-state index contributed by atoms with van der Waals surface area (Å²) in [5.74, 6) is 1.20. The first kappa shape index (κ1) is 22.3. The van der Waals surface area contributed by atoms with Gasteiger partial charge in [-0.2, -0.15) is 5.10 Å². The van der Waals surface area contributed by atoms with Gasteiger partial charge in [-0.05, 0) is 42.9 Å². The van der Waals surface area contributed by atoms with E-state index in [-0.39, 0.29) is 30.1 Å². The van der Waals surface area contributed by atoms with Crippen molar-refractivity contribution in [1.29, 1.82) is 0 Å². The van der Waals surface area contributed by atoms with Crippen molar-refractivity contribution in [1.82, 2.24) is 10.2 Å². The summed E-state index contributed by atoms with van der Waals surface area (Å²) in [5, 5.41) is 21.5. The number of non-ortho nitro benzene ring substituents is 1. The molecule has 1 aliphatic carbocycles. The van der Waals surface area contributed by atoms with Crippen molar-refractivity contribution in [2.24, 2.45) is 0 Å². The first-order valence-corrected chi connectivity index (χ1v) is 12.5. The van der Waals surface area contributed by atoms with E-state index in [0.717, 1.165) is 41.1 Å². The SMILES string of the molecule is O=C(Cc1ccc([N+](=O)[O-])cc1)OC1CCC(c2cc(Nc3cccc4c3S(=O)CC4)n[nH]2)C1. The number of nitro groups is 1. The van der Waals surface area contributed by atoms with Gasteiger partial charge in [0, 0.05) is 35.6 Å². The molecular weight excluding hydrogens is 456 g/mol. The van der Waals surface area contributed by atoms with Crippen molar-refractivity contribution < 1.29 is 18.7 Å². The Bertz CT molecular complexity index is 1260. The van der Waals surface area contributed by atoms with Gasteiger partial charge in [0.05, 0.1) is 32.7 Å². The number of esters is 1. The summed E-state index contributed by atoms with van der Waals surface area (Å²) in [6, 6.07) is 13.8. The summed E-state index contributed by atoms with van der Waals surface area (Å²) in [6.45, 7) is 0. The largest absolute Gasteiger partial charge is 0.462 e. The zero-order valence-corrected chi connectivity index (χ0v) is 19.2. The fraction of sp³-hybridized carbons (Fsp3) is 0.333. The van der Waals surface area contributed by atoms with Crippen molar-refractivity contribution in [2.75, 3.05) is 11.1 Å². The Kier molecular flexibility index (Phi) is 6.14. The molecule has 9 nitrogen and oxygen atoms in total. The van der Waals surface area contributed by atoms with Crippen LogP contribution in [0.4, 0.5) is 17.2 Å². The van der Waals surface area contributed by atoms with Crippen molar-refractivity contribution in [3.05, 3.63) is 75.5 Å². The second-order valence-electron chi connectivity index (χ2n) is 8.65. The maximum absolute atomic E-state index is 12.3. The number of nitrogens with zero attached hydrogens (tertiary/aromatic N) is 2. The second-order valence-corrected chi connectivity index (χ2v) is 10.2. The highest BCUT2D eigenvalue weighted by molar-refractivity contribution is 7.85. The van der Waals surface area contributed by atoms with E-state index in [1.54, 1.807) is 12.1 Å². The molecule has 3 unspecified atom stereocenters. The molecule has 0 spiro atoms. The van der Waals surface area contributed by atoms with Gasteiger partial charge in [0.25, 0.3) is 5.69 Å². The van der Waals surface area contributed by atoms with Crippen LogP contribution < -0.4 is 5.32 Å². The van der Waals surface area contributed by atoms with Crippen molar-refractivity contribution in [3.8, 4) is 0 Å². The highest BCUT2D eigenvalue weighted by Crippen LogP contribution is 2.37. The Balaban J connectivity index is 1.16. The number of benzene rings is 2. The van der Waals surface area contributed by atoms with Crippen LogP contribution >= 0.6 is 0 Å². The third-order valence-electron chi connectivity index (χ3n) is 6.36. The second kappa shape index (κ2) is 9.38. The van der Waals surface area contributed by atoms with Crippen molar-refractivity contribution >= 4 is 34.0 Å². The number of aromatic amines is 1. The standard InChI is InChI=1S/C24H24N4O5S/c29-23(12-15-4-7-18(8-5-15)28(30)31)33-19-9-6-17(13-19)21-14-22(27-26-21)25-20-3-1-2-16-10-11-34(32)24(16)20/h1-5,7-8,14,17,19H,6,9-13H2,(H2,25,26,27). The van der Waals surface area contributed by atoms with Crippen LogP contribution in [-0.2, 0) is 33.2 Å². The number of hydrogen-bond donors (Lipinski definition) is 2. The molecule has 2 aliphatic rings. The van der Waals surface area contributed by atoms with Gasteiger partial charge in [-0.15, -0.1) is 0 Å². The topological polar surface area (TPSA) is 127 Å². The number of aryl methyl sites for hydroxylation is 1. The van der Waals surface area contributed by atoms with Crippen molar-refractivity contribution in [2.45, 2.75) is 49.0 Å². The molecule has 2 N–H and O–H groups in total. The molecular formula is C24H24N4O5S. The summed E-state index contributed by atoms with van der Waals surface area (Å²) in [4.78, 5) is 23.5. The van der Waals surface area contributed by atoms with Gasteiger partial charge in [-0.25, -0.2) is 0 Å². The molecule has 0 saturated heterocycles. The van der Waals surface area contributed by atoms with E-state index < -0.39 is 15.7 Å². The van der Waals surface area contributed by atoms with Gasteiger partial charge >= 0.3 is 5.97 Å². The van der Waals surface area contributed by atoms with Gasteiger partial charge in [0.1, 0.15) is 6.10 Å². The lowest BCUT2D eigenvalue weighted by Gasteiger charge is -2.12. The number of fused-ring (bicyclic) bond motifs is 1. The summed E-state index contributed by atoms with van der Waals surface area (Å²) in [7, 11) is -0.986. The number of rotatable bonds is 7. The Morgan fingerprint density at radius 2 is 2.06 bits per heavy atom. The fourth-order valence-corrected chi connectivity index (χ4v) is 6.10. The number of nitro benzene ring substituents is 1. The fourth-order valence-electron chi connectivity index (χ4n) is 4.66. The molecule has 176 valence electrons. The molecule has 3 atom stereocenters. The lowest BCUT2D eigenvalue weighted by molar-refractivity contribution is -0.384. The van der Waals surface area contributed by atoms with Gasteiger partial charge in [-0.1, -0.05) is 24.3 Å². The number of ether oxygens (including phenoxy) is 1. The minimum atomic E-state index is -0.986. The Morgan fingerprint density at radius 3 is 2.85 bits per heavy atom. The lowest BCUT2D eigenvalue weighted by Crippen LogP contribution is -2.17. The molecule has 2 aromatic carbocycles. The molecule has 2 heterocycles. The van der Waals surface area contributed by atoms with Crippen LogP contribution in [-0.4, -0.2) is 37.2 Å². The molecule has 34 heavy (non-hydrogen) atoms. The number of anilines is 2. The first-order chi connectivity index (χ1) is 16.5. The Labute approximate surface area is 198 Å². The molecule has 0 amide bonds. The Morgan fingerprint density at radius 1 is 1.24 bits per heavy atom. The van der Waals surface area contributed by atoms with E-state index in [1.165, 1.54) is 12.1 Å². The number of aromatic nitrogens is 2. The summed E-state index contributed by atoms with van der Waals surface area (Å²) >= 11 is 0. The highest BCUT2D eigenvalue weighted by atomic mass is 32.2. The summed E-state index contributed by atoms with van der Waals surface area (Å²) in [5.41, 5.74) is 3.60. The Hall–Kier alpha value is -3.53. The number of carbonyl (C=O) groups is 1. The minimum absolute atomic E-state index is 0.00548. The summed E-state index contributed by atoms with van der Waals surface area (Å²) in [6.07, 6.45) is 3.09. The number of carbonyl (C=O) groups excluding carboxylic acids is 1. The predicted molar refractivity (Wildman–Crippen MR) is 127 cm³/mol. The predicted octanol–water partition coefficient (Wildman–Crippen LogP) is 4.15. The van der Waals surface area contributed by atoms with E-state index in [4.69, 9.17) is 4.74 Å². The van der Waals surface area contributed by atoms with Crippen LogP contribution in [0.3, 0.4) is 0 Å². The molecule has 1 aromatic heterocycles. The maximum Gasteiger partial charge on any atom is 0.310 e. The molecule has 0 radical (unpaired) electrons. The molecule has 5 rings (SSSR count). The van der Waals surface area contributed by atoms with Gasteiger partial charge in [0.15, 0.2) is 5.82 Å². The molecule has 1 fully saturated rings. The molecule has 1 saturated carbocycles. The number of H-pyrrole nitrogens is 1. The van der Waals surface area contributed by atoms with Gasteiger partial charge in [-0.3, -0.25) is 24.2 Å². The molecule has 3 aromatic rings. The molecule has 0 bridgehead atoms. The van der Waals surface area contributed by atoms with Crippen molar-refractivity contribution in [3.63, 3.8) is 0 Å². The highest BCUT2D eigenvalue weighted by Gasteiger charge is 2.30. The normalized spacial score (nSPS) is 21.2. The van der Waals surface area contributed by atoms with Gasteiger partial charge in [0.2, 0.25) is 0 Å². The van der Waals surface area contributed by atoms with Crippen LogP contribution in [0.2, 0.25) is 0 Å². The zero-order valence-electron chi connectivity index (χ0n) is 18.4. The quantitative estimate of drug-likeness (QED) is 0.295. The van der Waals surface area contributed by atoms with E-state index in [2.05, 4.69) is 15.5 Å². The molecule has 1 aliphatic heterocycles. The first-order valence-electron chi connectivity index (χ1n) is 11.2. The maximum atomic E-state index is 12.3. The zero-order chi connectivity index (χ0) is 23.7. The molecule has 10 heteroatoms. The number of nitrogens with one attached hydrogen (secondary N) is 2. The minimum Gasteiger partial charge on any atom is -0.462 e. The summed E-state index contributed by atoms with van der Waals surface area (Å²) < 4.78 is 18.0. The smallest absolute Gasteiger partial charge is 0.310 e. The van der Waals surface area contributed by atoms with E-state index in [1.807, 2.05) is 24.3 Å². The average molecular weight is 481 g/mol. The monoisotopic (exact) mass is 480 g/mol.